The second-order valence-electron chi connectivity index (χ2n) is 16.9. The fraction of sp³-hybridized carbons (Fsp3) is 0.579. The molecule has 0 bridgehead atoms. The van der Waals surface area contributed by atoms with Crippen molar-refractivity contribution in [1.82, 2.24) is 19.8 Å². The van der Waals surface area contributed by atoms with E-state index in [9.17, 15) is 9.18 Å². The van der Waals surface area contributed by atoms with Crippen LogP contribution in [0.15, 0.2) is 54.7 Å². The molecule has 3 atom stereocenters. The molecule has 1 saturated heterocycles. The van der Waals surface area contributed by atoms with Gasteiger partial charge >= 0.3 is 6.09 Å². The molecule has 48 heavy (non-hydrogen) atoms. The molecule has 3 unspecified atom stereocenters. The van der Waals surface area contributed by atoms with Gasteiger partial charge in [0, 0.05) is 50.5 Å². The third-order valence-corrected chi connectivity index (χ3v) is 14.1. The summed E-state index contributed by atoms with van der Waals surface area (Å²) >= 11 is 0. The zero-order valence-electron chi connectivity index (χ0n) is 30.8. The lowest BCUT2D eigenvalue weighted by atomic mass is 9.85. The number of halogens is 2. The molecule has 0 aliphatic carbocycles. The number of imidazole rings is 1. The van der Waals surface area contributed by atoms with Crippen molar-refractivity contribution < 1.29 is 22.7 Å². The molecular weight excluding hydrogens is 627 g/mol. The van der Waals surface area contributed by atoms with Gasteiger partial charge in [0.1, 0.15) is 23.1 Å². The summed E-state index contributed by atoms with van der Waals surface area (Å²) in [6.45, 7) is 26.1. The van der Waals surface area contributed by atoms with Gasteiger partial charge < -0.3 is 23.9 Å². The lowest BCUT2D eigenvalue weighted by Crippen LogP contribution is -2.43. The van der Waals surface area contributed by atoms with Crippen LogP contribution in [0.1, 0.15) is 79.7 Å². The number of likely N-dealkylation sites (tertiary alicyclic amines) is 1. The van der Waals surface area contributed by atoms with Crippen molar-refractivity contribution in [2.24, 2.45) is 17.3 Å². The predicted molar refractivity (Wildman–Crippen MR) is 191 cm³/mol. The van der Waals surface area contributed by atoms with Crippen molar-refractivity contribution in [3.63, 3.8) is 0 Å². The third-order valence-electron chi connectivity index (χ3n) is 9.61. The van der Waals surface area contributed by atoms with Gasteiger partial charge in [-0.05, 0) is 74.0 Å². The highest BCUT2D eigenvalue weighted by Crippen LogP contribution is 2.39. The van der Waals surface area contributed by atoms with Crippen LogP contribution in [0.3, 0.4) is 0 Å². The van der Waals surface area contributed by atoms with Gasteiger partial charge in [-0.2, -0.15) is 0 Å². The molecule has 0 saturated carbocycles. The normalized spacial score (nSPS) is 18.3. The van der Waals surface area contributed by atoms with Crippen LogP contribution in [-0.2, 0) is 15.7 Å². The van der Waals surface area contributed by atoms with Gasteiger partial charge in [0.15, 0.2) is 8.32 Å². The third kappa shape index (κ3) is 9.54. The van der Waals surface area contributed by atoms with Gasteiger partial charge in [0.2, 0.25) is 0 Å². The Bertz CT molecular complexity index is 1540. The SMILES string of the molecule is CC(C)(C)OC(=O)N1CC(CNC(c2nc(-c3cc(F)ccc3F)cn2Cc2ccccc2)C(C)(C)C)C(CO[Si](C)(C)C(C)(C)C)C1. The number of hydrogen-bond donors (Lipinski definition) is 1. The largest absolute Gasteiger partial charge is 0.444 e. The number of carbonyl (C=O) groups excluding carboxylic acids is 1. The number of amides is 1. The minimum Gasteiger partial charge on any atom is -0.444 e. The summed E-state index contributed by atoms with van der Waals surface area (Å²) in [5.74, 6) is -0.0881. The Morgan fingerprint density at radius 1 is 0.979 bits per heavy atom. The summed E-state index contributed by atoms with van der Waals surface area (Å²) in [4.78, 5) is 20.0. The maximum Gasteiger partial charge on any atom is 0.410 e. The van der Waals surface area contributed by atoms with Crippen molar-refractivity contribution in [3.05, 3.63) is 77.8 Å². The maximum absolute atomic E-state index is 15.0. The molecule has 4 rings (SSSR count). The van der Waals surface area contributed by atoms with Crippen molar-refractivity contribution >= 4 is 14.4 Å². The Morgan fingerprint density at radius 2 is 1.62 bits per heavy atom. The highest BCUT2D eigenvalue weighted by Gasteiger charge is 2.42. The average molecular weight is 683 g/mol. The summed E-state index contributed by atoms with van der Waals surface area (Å²) in [5, 5.41) is 3.89. The maximum atomic E-state index is 15.0. The van der Waals surface area contributed by atoms with Gasteiger partial charge in [-0.1, -0.05) is 71.9 Å². The molecule has 2 aromatic carbocycles. The van der Waals surface area contributed by atoms with E-state index in [4.69, 9.17) is 14.1 Å². The van der Waals surface area contributed by atoms with E-state index >= 15 is 4.39 Å². The number of carbonyl (C=O) groups is 1. The molecule has 0 radical (unpaired) electrons. The number of nitrogens with zero attached hydrogens (tertiary/aromatic N) is 3. The lowest BCUT2D eigenvalue weighted by molar-refractivity contribution is 0.0281. The molecule has 1 aromatic heterocycles. The summed E-state index contributed by atoms with van der Waals surface area (Å²) in [6, 6.07) is 13.2. The van der Waals surface area contributed by atoms with Crippen LogP contribution >= 0.6 is 0 Å². The summed E-state index contributed by atoms with van der Waals surface area (Å²) in [7, 11) is -2.03. The fourth-order valence-corrected chi connectivity index (χ4v) is 6.87. The first-order valence-corrected chi connectivity index (χ1v) is 20.0. The van der Waals surface area contributed by atoms with Crippen LogP contribution < -0.4 is 5.32 Å². The molecule has 1 N–H and O–H groups in total. The lowest BCUT2D eigenvalue weighted by Gasteiger charge is -2.37. The van der Waals surface area contributed by atoms with Crippen LogP contribution in [0.5, 0.6) is 0 Å². The van der Waals surface area contributed by atoms with Crippen molar-refractivity contribution in [2.75, 3.05) is 26.2 Å². The number of ether oxygens (including phenoxy) is 1. The molecule has 1 amide bonds. The molecule has 0 spiro atoms. The van der Waals surface area contributed by atoms with Gasteiger partial charge in [0.25, 0.3) is 0 Å². The van der Waals surface area contributed by atoms with Crippen LogP contribution in [0.25, 0.3) is 11.3 Å². The van der Waals surface area contributed by atoms with E-state index in [1.54, 1.807) is 0 Å². The van der Waals surface area contributed by atoms with Crippen molar-refractivity contribution in [1.29, 1.82) is 0 Å². The number of benzene rings is 2. The number of hydrogen-bond acceptors (Lipinski definition) is 5. The Morgan fingerprint density at radius 3 is 2.23 bits per heavy atom. The molecule has 2 heterocycles. The molecular formula is C38H56F2N4O3Si. The first-order chi connectivity index (χ1) is 22.1. The van der Waals surface area contributed by atoms with Gasteiger partial charge in [0.05, 0.1) is 11.7 Å². The summed E-state index contributed by atoms with van der Waals surface area (Å²) < 4.78 is 43.8. The van der Waals surface area contributed by atoms with Crippen molar-refractivity contribution in [3.8, 4) is 11.3 Å². The quantitative estimate of drug-likeness (QED) is 0.216. The van der Waals surface area contributed by atoms with E-state index in [-0.39, 0.29) is 40.0 Å². The number of rotatable bonds is 10. The summed E-state index contributed by atoms with van der Waals surface area (Å²) in [5.41, 5.74) is 0.691. The molecule has 3 aromatic rings. The summed E-state index contributed by atoms with van der Waals surface area (Å²) in [6.07, 6.45) is 1.51. The van der Waals surface area contributed by atoms with E-state index in [1.807, 2.05) is 66.8 Å². The Labute approximate surface area is 287 Å². The van der Waals surface area contributed by atoms with E-state index in [0.717, 1.165) is 23.5 Å². The Hall–Kier alpha value is -3.08. The van der Waals surface area contributed by atoms with Gasteiger partial charge in [-0.15, -0.1) is 0 Å². The number of nitrogens with one attached hydrogen (secondary N) is 1. The Balaban J connectivity index is 1.66. The van der Waals surface area contributed by atoms with Gasteiger partial charge in [-0.25, -0.2) is 18.6 Å². The molecule has 1 aliphatic rings. The predicted octanol–water partition coefficient (Wildman–Crippen LogP) is 9.06. The highest BCUT2D eigenvalue weighted by molar-refractivity contribution is 6.74. The fourth-order valence-electron chi connectivity index (χ4n) is 5.81. The minimum atomic E-state index is -2.03. The van der Waals surface area contributed by atoms with E-state index in [1.165, 1.54) is 6.07 Å². The van der Waals surface area contributed by atoms with Gasteiger partial charge in [-0.3, -0.25) is 0 Å². The molecule has 1 fully saturated rings. The topological polar surface area (TPSA) is 68.6 Å². The zero-order chi connectivity index (χ0) is 35.7. The Kier molecular flexibility index (Phi) is 11.3. The molecule has 264 valence electrons. The number of aromatic nitrogens is 2. The standard InChI is InChI=1S/C38H56F2N4O3Si/c1-36(2,3)33(34-42-32(30-19-29(39)17-18-31(30)40)24-43(34)21-26-15-13-12-14-16-26)41-20-27-22-44(35(45)47-37(4,5)6)23-28(27)25-46-48(10,11)38(7,8)9/h12-19,24,27-28,33,41H,20-23,25H2,1-11H3. The van der Waals surface area contributed by atoms with Crippen molar-refractivity contribution in [2.45, 2.75) is 98.6 Å². The highest BCUT2D eigenvalue weighted by atomic mass is 28.4. The second kappa shape index (κ2) is 14.4. The molecule has 10 heteroatoms. The molecule has 7 nitrogen and oxygen atoms in total. The monoisotopic (exact) mass is 682 g/mol. The average Bonchev–Trinajstić information content (AvgIpc) is 3.56. The van der Waals surface area contributed by atoms with Crippen LogP contribution in [0.2, 0.25) is 18.1 Å². The smallest absolute Gasteiger partial charge is 0.410 e. The van der Waals surface area contributed by atoms with E-state index in [0.29, 0.717) is 38.5 Å². The van der Waals surface area contributed by atoms with E-state index < -0.39 is 25.6 Å². The molecule has 1 aliphatic heterocycles. The van der Waals surface area contributed by atoms with Crippen LogP contribution in [0, 0.1) is 28.9 Å². The first kappa shape index (κ1) is 37.7. The van der Waals surface area contributed by atoms with Crippen LogP contribution in [-0.4, -0.2) is 60.7 Å². The zero-order valence-corrected chi connectivity index (χ0v) is 31.8. The van der Waals surface area contributed by atoms with Crippen LogP contribution in [0.4, 0.5) is 13.6 Å². The minimum absolute atomic E-state index is 0.0657. The second-order valence-corrected chi connectivity index (χ2v) is 21.7. The first-order valence-electron chi connectivity index (χ1n) is 17.1. The van der Waals surface area contributed by atoms with E-state index in [2.05, 4.69) is 60.0 Å².